The van der Waals surface area contributed by atoms with Gasteiger partial charge < -0.3 is 19.0 Å². The highest BCUT2D eigenvalue weighted by Gasteiger charge is 2.20. The van der Waals surface area contributed by atoms with Gasteiger partial charge in [0.2, 0.25) is 0 Å². The maximum Gasteiger partial charge on any atom is 0.192 e. The third kappa shape index (κ3) is 3.96. The minimum Gasteiger partial charge on any atom is -0.495 e. The summed E-state index contributed by atoms with van der Waals surface area (Å²) < 4.78 is 19.9. The minimum atomic E-state index is 0.109. The summed E-state index contributed by atoms with van der Waals surface area (Å²) in [6.07, 6.45) is 3.25. The number of hydrogen-bond donors (Lipinski definition) is 0. The van der Waals surface area contributed by atoms with Gasteiger partial charge in [-0.1, -0.05) is 17.3 Å². The quantitative estimate of drug-likeness (QED) is 0.239. The van der Waals surface area contributed by atoms with Gasteiger partial charge in [-0.05, 0) is 49.7 Å². The zero-order valence-electron chi connectivity index (χ0n) is 20.7. The molecule has 2 aromatic carbocycles. The van der Waals surface area contributed by atoms with Gasteiger partial charge in [0, 0.05) is 11.3 Å². The van der Waals surface area contributed by atoms with E-state index in [1.54, 1.807) is 38.4 Å². The van der Waals surface area contributed by atoms with Gasteiger partial charge in [0.1, 0.15) is 12.1 Å². The molecule has 0 fully saturated rings. The number of ether oxygens (including phenoxy) is 3. The highest BCUT2D eigenvalue weighted by molar-refractivity contribution is 5.95. The van der Waals surface area contributed by atoms with Gasteiger partial charge in [0.15, 0.2) is 35.2 Å². The van der Waals surface area contributed by atoms with Crippen molar-refractivity contribution in [1.82, 2.24) is 24.1 Å². The fraction of sp³-hybridized carbons (Fsp3) is 0.231. The second kappa shape index (κ2) is 9.57. The Hall–Kier alpha value is -4.60. The van der Waals surface area contributed by atoms with Crippen LogP contribution in [0.25, 0.3) is 22.4 Å². The van der Waals surface area contributed by atoms with Crippen LogP contribution in [-0.4, -0.2) is 51.7 Å². The van der Waals surface area contributed by atoms with Crippen molar-refractivity contribution in [2.45, 2.75) is 20.5 Å². The van der Waals surface area contributed by atoms with Crippen molar-refractivity contribution < 1.29 is 19.0 Å². The lowest BCUT2D eigenvalue weighted by Gasteiger charge is -2.12. The van der Waals surface area contributed by atoms with E-state index in [0.717, 1.165) is 39.3 Å². The average Bonchev–Trinajstić information content (AvgIpc) is 3.44. The molecule has 10 heteroatoms. The number of aromatic nitrogens is 5. The van der Waals surface area contributed by atoms with Crippen LogP contribution < -0.4 is 14.2 Å². The van der Waals surface area contributed by atoms with Crippen molar-refractivity contribution in [3.8, 4) is 22.9 Å². The fourth-order valence-corrected chi connectivity index (χ4v) is 4.20. The predicted molar refractivity (Wildman–Crippen MR) is 136 cm³/mol. The van der Waals surface area contributed by atoms with E-state index in [4.69, 9.17) is 29.0 Å². The second-order valence-electron chi connectivity index (χ2n) is 8.08. The van der Waals surface area contributed by atoms with Gasteiger partial charge in [-0.3, -0.25) is 4.57 Å². The summed E-state index contributed by atoms with van der Waals surface area (Å²) in [6.45, 7) is 4.23. The van der Waals surface area contributed by atoms with Crippen molar-refractivity contribution in [1.29, 1.82) is 0 Å². The first kappa shape index (κ1) is 23.2. The molecule has 0 saturated heterocycles. The predicted octanol–water partition coefficient (Wildman–Crippen LogP) is 4.26. The number of nitrogens with zero attached hydrogens (tertiary/aromatic N) is 6. The van der Waals surface area contributed by atoms with Gasteiger partial charge in [-0.15, -0.1) is 5.10 Å². The summed E-state index contributed by atoms with van der Waals surface area (Å²) in [6, 6.07) is 13.3. The molecule has 3 heterocycles. The molecular weight excluding hydrogens is 460 g/mol. The molecule has 0 atom stereocenters. The molecule has 0 radical (unpaired) electrons. The lowest BCUT2D eigenvalue weighted by Crippen LogP contribution is -2.01. The van der Waals surface area contributed by atoms with Gasteiger partial charge in [0.25, 0.3) is 0 Å². The van der Waals surface area contributed by atoms with Gasteiger partial charge in [-0.2, -0.15) is 0 Å². The zero-order valence-corrected chi connectivity index (χ0v) is 20.7. The Labute approximate surface area is 207 Å². The number of para-hydroxylation sites is 2. The van der Waals surface area contributed by atoms with E-state index in [9.17, 15) is 0 Å². The Bertz CT molecular complexity index is 1590. The van der Waals surface area contributed by atoms with Crippen LogP contribution in [-0.2, 0) is 11.4 Å². The van der Waals surface area contributed by atoms with Crippen molar-refractivity contribution in [2.24, 2.45) is 5.16 Å². The second-order valence-corrected chi connectivity index (χ2v) is 8.08. The Morgan fingerprint density at radius 3 is 2.47 bits per heavy atom. The smallest absolute Gasteiger partial charge is 0.192 e. The molecule has 0 aliphatic heterocycles. The van der Waals surface area contributed by atoms with E-state index in [2.05, 4.69) is 28.7 Å². The van der Waals surface area contributed by atoms with Crippen LogP contribution in [0.5, 0.6) is 17.2 Å². The number of fused-ring (bicyclic) bond motifs is 3. The summed E-state index contributed by atoms with van der Waals surface area (Å²) in [5.74, 6) is 2.53. The molecule has 184 valence electrons. The van der Waals surface area contributed by atoms with Crippen LogP contribution in [0, 0.1) is 13.8 Å². The molecule has 5 aromatic rings. The van der Waals surface area contributed by atoms with E-state index in [-0.39, 0.29) is 6.61 Å². The first-order valence-corrected chi connectivity index (χ1v) is 11.3. The maximum atomic E-state index is 5.59. The Morgan fingerprint density at radius 2 is 1.69 bits per heavy atom. The third-order valence-corrected chi connectivity index (χ3v) is 6.08. The number of oxime groups is 1. The molecule has 10 nitrogen and oxygen atoms in total. The van der Waals surface area contributed by atoms with Crippen molar-refractivity contribution in [3.63, 3.8) is 0 Å². The van der Waals surface area contributed by atoms with E-state index in [0.29, 0.717) is 23.0 Å². The van der Waals surface area contributed by atoms with Crippen LogP contribution in [0.1, 0.15) is 22.6 Å². The molecule has 36 heavy (non-hydrogen) atoms. The van der Waals surface area contributed by atoms with Crippen LogP contribution in [0.3, 0.4) is 0 Å². The molecule has 0 N–H and O–H groups in total. The molecule has 0 aliphatic rings. The standard InChI is InChI=1S/C26H26N6O4/c1-16-17(2)32(19-8-6-7-9-20(19)33-3)25-24(16)26-29-23(30-31(26)15-27-25)14-36-28-13-18-10-11-21(34-4)22(12-18)35-5/h6-13,15H,14H2,1-5H3/b28-13-. The Morgan fingerprint density at radius 1 is 0.917 bits per heavy atom. The van der Waals surface area contributed by atoms with Crippen molar-refractivity contribution >= 4 is 22.9 Å². The average molecular weight is 487 g/mol. The van der Waals surface area contributed by atoms with E-state index in [1.165, 1.54) is 0 Å². The first-order valence-electron chi connectivity index (χ1n) is 11.3. The highest BCUT2D eigenvalue weighted by atomic mass is 16.6. The van der Waals surface area contributed by atoms with Crippen molar-refractivity contribution in [3.05, 3.63) is 71.4 Å². The molecular formula is C26H26N6O4. The number of hydrogen-bond acceptors (Lipinski definition) is 8. The molecule has 0 amide bonds. The largest absolute Gasteiger partial charge is 0.495 e. The van der Waals surface area contributed by atoms with Crippen molar-refractivity contribution in [2.75, 3.05) is 21.3 Å². The number of methoxy groups -OCH3 is 3. The topological polar surface area (TPSA) is 97.3 Å². The zero-order chi connectivity index (χ0) is 25.2. The Balaban J connectivity index is 1.43. The Kier molecular flexibility index (Phi) is 6.16. The van der Waals surface area contributed by atoms with E-state index < -0.39 is 0 Å². The van der Waals surface area contributed by atoms with Crippen LogP contribution in [0.15, 0.2) is 53.9 Å². The van der Waals surface area contributed by atoms with Gasteiger partial charge in [0.05, 0.1) is 38.6 Å². The molecule has 3 aromatic heterocycles. The lowest BCUT2D eigenvalue weighted by atomic mass is 10.2. The number of benzene rings is 2. The minimum absolute atomic E-state index is 0.109. The lowest BCUT2D eigenvalue weighted by molar-refractivity contribution is 0.126. The van der Waals surface area contributed by atoms with Gasteiger partial charge >= 0.3 is 0 Å². The molecule has 0 unspecified atom stereocenters. The van der Waals surface area contributed by atoms with E-state index >= 15 is 0 Å². The van der Waals surface area contributed by atoms with Gasteiger partial charge in [-0.25, -0.2) is 14.5 Å². The summed E-state index contributed by atoms with van der Waals surface area (Å²) >= 11 is 0. The highest BCUT2D eigenvalue weighted by Crippen LogP contribution is 2.33. The summed E-state index contributed by atoms with van der Waals surface area (Å²) in [5, 5.41) is 9.49. The summed E-state index contributed by atoms with van der Waals surface area (Å²) in [4.78, 5) is 14.9. The maximum absolute atomic E-state index is 5.59. The SMILES string of the molecule is COc1ccc(/C=N\OCc2nc3c4c(C)c(C)n(-c5ccccc5OC)c4ncn3n2)cc1OC. The number of rotatable bonds is 8. The first-order chi connectivity index (χ1) is 17.5. The van der Waals surface area contributed by atoms with E-state index in [1.807, 2.05) is 42.5 Å². The van der Waals surface area contributed by atoms with Crippen LogP contribution in [0.4, 0.5) is 0 Å². The molecule has 0 saturated carbocycles. The molecule has 0 bridgehead atoms. The van der Waals surface area contributed by atoms with Crippen LogP contribution in [0.2, 0.25) is 0 Å². The fourth-order valence-electron chi connectivity index (χ4n) is 4.20. The summed E-state index contributed by atoms with van der Waals surface area (Å²) in [7, 11) is 4.84. The molecule has 5 rings (SSSR count). The monoisotopic (exact) mass is 486 g/mol. The third-order valence-electron chi connectivity index (χ3n) is 6.08. The summed E-state index contributed by atoms with van der Waals surface area (Å²) in [5.41, 5.74) is 5.34. The molecule has 0 aliphatic carbocycles. The normalized spacial score (nSPS) is 11.5. The number of aryl methyl sites for hydroxylation is 1. The van der Waals surface area contributed by atoms with Crippen LogP contribution >= 0.6 is 0 Å². The molecule has 0 spiro atoms.